The lowest BCUT2D eigenvalue weighted by molar-refractivity contribution is -0.143. The maximum atomic E-state index is 11.7. The molecule has 2 aliphatic rings. The van der Waals surface area contributed by atoms with Crippen LogP contribution < -0.4 is 0 Å². The third-order valence-electron chi connectivity index (χ3n) is 3.20. The summed E-state index contributed by atoms with van der Waals surface area (Å²) < 4.78 is 5.16. The van der Waals surface area contributed by atoms with Gasteiger partial charge in [0.2, 0.25) is 0 Å². The van der Waals surface area contributed by atoms with Gasteiger partial charge in [0.1, 0.15) is 5.41 Å². The van der Waals surface area contributed by atoms with Crippen LogP contribution in [-0.2, 0) is 14.9 Å². The highest BCUT2D eigenvalue weighted by Gasteiger charge is 2.70. The summed E-state index contributed by atoms with van der Waals surface area (Å²) in [6.07, 6.45) is 0.922. The third-order valence-corrected chi connectivity index (χ3v) is 4.03. The fraction of sp³-hybridized carbons (Fsp3) is 0.364. The first-order valence-corrected chi connectivity index (χ1v) is 5.57. The Morgan fingerprint density at radius 2 is 2.07 bits per heavy atom. The molecule has 0 radical (unpaired) electrons. The standard InChI is InChI=1S/C11H9BrO2/c12-9-8-6-11(8,10(13)14-9)7-4-2-1-3-5-7/h1-5,8-9H,6H2. The molecule has 0 N–H and O–H groups in total. The molecule has 0 aromatic heterocycles. The number of alkyl halides is 1. The minimum Gasteiger partial charge on any atom is -0.450 e. The van der Waals surface area contributed by atoms with Gasteiger partial charge >= 0.3 is 5.97 Å². The molecule has 0 bridgehead atoms. The number of benzene rings is 1. The monoisotopic (exact) mass is 252 g/mol. The van der Waals surface area contributed by atoms with Crippen molar-refractivity contribution in [3.05, 3.63) is 35.9 Å². The number of rotatable bonds is 1. The lowest BCUT2D eigenvalue weighted by Crippen LogP contribution is -2.18. The largest absolute Gasteiger partial charge is 0.450 e. The van der Waals surface area contributed by atoms with Crippen LogP contribution in [0.5, 0.6) is 0 Å². The van der Waals surface area contributed by atoms with Gasteiger partial charge in [0.25, 0.3) is 0 Å². The zero-order chi connectivity index (χ0) is 9.76. The molecular formula is C11H9BrO2. The molecule has 72 valence electrons. The predicted molar refractivity (Wildman–Crippen MR) is 55.0 cm³/mol. The number of cyclic esters (lactones) is 1. The smallest absolute Gasteiger partial charge is 0.318 e. The summed E-state index contributed by atoms with van der Waals surface area (Å²) >= 11 is 3.38. The molecule has 3 unspecified atom stereocenters. The van der Waals surface area contributed by atoms with Crippen molar-refractivity contribution in [3.8, 4) is 0 Å². The van der Waals surface area contributed by atoms with E-state index < -0.39 is 0 Å². The van der Waals surface area contributed by atoms with E-state index in [1.54, 1.807) is 0 Å². The molecule has 2 nitrogen and oxygen atoms in total. The number of fused-ring (bicyclic) bond motifs is 1. The van der Waals surface area contributed by atoms with Gasteiger partial charge in [-0.15, -0.1) is 0 Å². The average molecular weight is 253 g/mol. The second-order valence-electron chi connectivity index (χ2n) is 3.90. The number of carbonyl (C=O) groups excluding carboxylic acids is 1. The maximum Gasteiger partial charge on any atom is 0.318 e. The van der Waals surface area contributed by atoms with Crippen molar-refractivity contribution < 1.29 is 9.53 Å². The first-order chi connectivity index (χ1) is 6.75. The minimum atomic E-state index is -0.324. The number of hydrogen-bond donors (Lipinski definition) is 0. The Kier molecular flexibility index (Phi) is 1.57. The predicted octanol–water partition coefficient (Wildman–Crippen LogP) is 2.22. The van der Waals surface area contributed by atoms with Gasteiger partial charge in [0.15, 0.2) is 5.01 Å². The van der Waals surface area contributed by atoms with E-state index in [9.17, 15) is 4.79 Å². The molecule has 1 saturated heterocycles. The van der Waals surface area contributed by atoms with E-state index in [2.05, 4.69) is 15.9 Å². The summed E-state index contributed by atoms with van der Waals surface area (Å²) in [4.78, 5) is 11.7. The second-order valence-corrected chi connectivity index (χ2v) is 4.81. The normalized spacial score (nSPS) is 39.1. The van der Waals surface area contributed by atoms with Gasteiger partial charge < -0.3 is 4.74 Å². The third kappa shape index (κ3) is 0.883. The van der Waals surface area contributed by atoms with Gasteiger partial charge in [-0.25, -0.2) is 0 Å². The van der Waals surface area contributed by atoms with E-state index in [4.69, 9.17) is 4.74 Å². The highest BCUT2D eigenvalue weighted by molar-refractivity contribution is 9.09. The van der Waals surface area contributed by atoms with Gasteiger partial charge in [-0.05, 0) is 27.9 Å². The van der Waals surface area contributed by atoms with Crippen molar-refractivity contribution in [2.45, 2.75) is 16.8 Å². The van der Waals surface area contributed by atoms with Crippen molar-refractivity contribution in [1.29, 1.82) is 0 Å². The quantitative estimate of drug-likeness (QED) is 0.566. The van der Waals surface area contributed by atoms with Gasteiger partial charge in [-0.2, -0.15) is 0 Å². The SMILES string of the molecule is O=C1OC(Br)C2CC12c1ccccc1. The van der Waals surface area contributed by atoms with E-state index in [0.717, 1.165) is 12.0 Å². The van der Waals surface area contributed by atoms with Crippen LogP contribution in [0.25, 0.3) is 0 Å². The van der Waals surface area contributed by atoms with Gasteiger partial charge in [-0.1, -0.05) is 30.3 Å². The Morgan fingerprint density at radius 3 is 2.57 bits per heavy atom. The fourth-order valence-corrected chi connectivity index (χ4v) is 3.12. The molecular weight excluding hydrogens is 244 g/mol. The Bertz CT molecular complexity index is 390. The zero-order valence-electron chi connectivity index (χ0n) is 7.44. The van der Waals surface area contributed by atoms with Crippen LogP contribution >= 0.6 is 15.9 Å². The maximum absolute atomic E-state index is 11.7. The summed E-state index contributed by atoms with van der Waals surface area (Å²) in [7, 11) is 0. The summed E-state index contributed by atoms with van der Waals surface area (Å²) in [5, 5.41) is -0.0878. The van der Waals surface area contributed by atoms with Crippen LogP contribution in [0.2, 0.25) is 0 Å². The van der Waals surface area contributed by atoms with E-state index in [1.165, 1.54) is 0 Å². The minimum absolute atomic E-state index is 0.0735. The second kappa shape index (κ2) is 2.60. The lowest BCUT2D eigenvalue weighted by atomic mass is 9.95. The Hall–Kier alpha value is -0.830. The van der Waals surface area contributed by atoms with Crippen LogP contribution in [0, 0.1) is 5.92 Å². The molecule has 1 aromatic rings. The molecule has 1 aliphatic heterocycles. The van der Waals surface area contributed by atoms with Crippen molar-refractivity contribution in [2.75, 3.05) is 0 Å². The van der Waals surface area contributed by atoms with Crippen LogP contribution in [0.4, 0.5) is 0 Å². The Balaban J connectivity index is 2.05. The van der Waals surface area contributed by atoms with Crippen molar-refractivity contribution >= 4 is 21.9 Å². The zero-order valence-corrected chi connectivity index (χ0v) is 9.03. The Labute approximate surface area is 90.4 Å². The van der Waals surface area contributed by atoms with E-state index in [-0.39, 0.29) is 16.4 Å². The topological polar surface area (TPSA) is 26.3 Å². The molecule has 1 aliphatic carbocycles. The number of carbonyl (C=O) groups is 1. The van der Waals surface area contributed by atoms with Gasteiger partial charge in [-0.3, -0.25) is 4.79 Å². The first kappa shape index (κ1) is 8.48. The molecule has 0 amide bonds. The van der Waals surface area contributed by atoms with Crippen LogP contribution in [0.1, 0.15) is 12.0 Å². The number of hydrogen-bond acceptors (Lipinski definition) is 2. The molecule has 1 heterocycles. The fourth-order valence-electron chi connectivity index (χ4n) is 2.31. The van der Waals surface area contributed by atoms with Crippen LogP contribution in [0.15, 0.2) is 30.3 Å². The number of ether oxygens (including phenoxy) is 1. The number of halogens is 1. The molecule has 2 fully saturated rings. The van der Waals surface area contributed by atoms with Gasteiger partial charge in [0.05, 0.1) is 0 Å². The summed E-state index contributed by atoms with van der Waals surface area (Å²) in [5.41, 5.74) is 0.770. The Morgan fingerprint density at radius 1 is 1.36 bits per heavy atom. The molecule has 3 heteroatoms. The molecule has 3 rings (SSSR count). The van der Waals surface area contributed by atoms with E-state index in [1.807, 2.05) is 30.3 Å². The first-order valence-electron chi connectivity index (χ1n) is 4.66. The summed E-state index contributed by atoms with van der Waals surface area (Å²) in [6, 6.07) is 9.91. The summed E-state index contributed by atoms with van der Waals surface area (Å²) in [5.74, 6) is 0.257. The molecule has 0 spiro atoms. The molecule has 3 atom stereocenters. The molecule has 1 saturated carbocycles. The highest BCUT2D eigenvalue weighted by Crippen LogP contribution is 2.62. The lowest BCUT2D eigenvalue weighted by Gasteiger charge is -2.08. The van der Waals surface area contributed by atoms with Crippen molar-refractivity contribution in [2.24, 2.45) is 5.92 Å². The molecule has 1 aromatic carbocycles. The average Bonchev–Trinajstić information content (AvgIpc) is 2.90. The van der Waals surface area contributed by atoms with E-state index >= 15 is 0 Å². The van der Waals surface area contributed by atoms with E-state index in [0.29, 0.717) is 5.92 Å². The molecule has 14 heavy (non-hydrogen) atoms. The van der Waals surface area contributed by atoms with Crippen LogP contribution in [-0.4, -0.2) is 11.0 Å². The van der Waals surface area contributed by atoms with Crippen molar-refractivity contribution in [3.63, 3.8) is 0 Å². The van der Waals surface area contributed by atoms with Crippen LogP contribution in [0.3, 0.4) is 0 Å². The summed E-state index contributed by atoms with van der Waals surface area (Å²) in [6.45, 7) is 0. The van der Waals surface area contributed by atoms with Gasteiger partial charge in [0, 0.05) is 5.92 Å². The highest BCUT2D eigenvalue weighted by atomic mass is 79.9. The van der Waals surface area contributed by atoms with Crippen molar-refractivity contribution in [1.82, 2.24) is 0 Å². The number of esters is 1.